The monoisotopic (exact) mass is 784 g/mol. The fourth-order valence-electron chi connectivity index (χ4n) is 6.18. The Labute approximate surface area is 315 Å². The lowest BCUT2D eigenvalue weighted by atomic mass is 9.96. The van der Waals surface area contributed by atoms with Crippen LogP contribution in [0.3, 0.4) is 0 Å². The van der Waals surface area contributed by atoms with Gasteiger partial charge in [0.05, 0.1) is 46.8 Å². The normalized spacial score (nSPS) is 35.2. The number of carbonyl (C=O) groups excluding carboxylic acids is 1. The summed E-state index contributed by atoms with van der Waals surface area (Å²) in [5, 5.41) is 93.3. The van der Waals surface area contributed by atoms with Crippen LogP contribution in [0.2, 0.25) is 0 Å². The molecule has 0 unspecified atom stereocenters. The van der Waals surface area contributed by atoms with E-state index in [4.69, 9.17) is 42.6 Å². The van der Waals surface area contributed by atoms with Gasteiger partial charge < -0.3 is 88.6 Å². The van der Waals surface area contributed by atoms with Gasteiger partial charge in [-0.1, -0.05) is 12.1 Å². The average Bonchev–Trinajstić information content (AvgIpc) is 3.47. The molecule has 5 rings (SSSR count). The molecule has 19 heteroatoms. The van der Waals surface area contributed by atoms with E-state index in [0.717, 1.165) is 11.6 Å². The molecule has 0 bridgehead atoms. The Hall–Kier alpha value is -3.67. The van der Waals surface area contributed by atoms with E-state index in [9.17, 15) is 50.8 Å². The largest absolute Gasteiger partial charge is 0.504 e. The third-order valence-corrected chi connectivity index (χ3v) is 9.50. The van der Waals surface area contributed by atoms with Crippen molar-refractivity contribution in [1.29, 1.82) is 0 Å². The zero-order chi connectivity index (χ0) is 40.0. The number of hydrogen-bond acceptors (Lipinski definition) is 19. The molecule has 3 fully saturated rings. The van der Waals surface area contributed by atoms with Crippen LogP contribution in [0.4, 0.5) is 0 Å². The van der Waals surface area contributed by atoms with Gasteiger partial charge >= 0.3 is 5.97 Å². The first-order valence-corrected chi connectivity index (χ1v) is 17.4. The van der Waals surface area contributed by atoms with Crippen LogP contribution in [0.25, 0.3) is 6.08 Å². The minimum atomic E-state index is -2.04. The van der Waals surface area contributed by atoms with Gasteiger partial charge in [0.25, 0.3) is 0 Å². The number of aliphatic hydroxyl groups is 7. The van der Waals surface area contributed by atoms with E-state index < -0.39 is 111 Å². The second-order valence-corrected chi connectivity index (χ2v) is 13.3. The number of rotatable bonds is 15. The SMILES string of the molecule is COc1ccc(CCO[C@@H]2O[C@H](CO[C@H]3OC[C@](O)(CO)[C@H]3O)[C@@H](OC(=O)/C=C/c3ccc(O)c(O)c3)[C@H](O[C@@H]3O[C@@H](C)[C@H](O)[C@@H](O)[C@H]3O)[C@H]2O)cc1OC. The van der Waals surface area contributed by atoms with Crippen LogP contribution in [-0.2, 0) is 44.4 Å². The quantitative estimate of drug-likeness (QED) is 0.0539. The standard InChI is InChI=1S/C36H48O19/c1-17-26(41)27(42)28(43)34(52-17)55-31-29(44)33(49-11-10-19-5-8-22(47-2)23(13-19)48-3)53-24(14-50-35-32(45)36(46,15-37)16-51-35)30(31)54-25(40)9-6-18-4-7-20(38)21(39)12-18/h4-9,12-13,17,24,26-35,37-39,41-46H,10-11,14-16H2,1-3H3/b9-6+/t17-,24+,26-,27+,28+,29+,30+,31+,32-,33+,34-,35-,36+/m0/s1. The molecule has 0 aliphatic carbocycles. The minimum absolute atomic E-state index is 0.0529. The Morgan fingerprint density at radius 1 is 0.855 bits per heavy atom. The van der Waals surface area contributed by atoms with Crippen LogP contribution in [0.15, 0.2) is 42.5 Å². The molecule has 3 heterocycles. The Morgan fingerprint density at radius 3 is 2.27 bits per heavy atom. The highest BCUT2D eigenvalue weighted by molar-refractivity contribution is 5.87. The Balaban J connectivity index is 1.42. The molecule has 3 aliphatic heterocycles. The molecule has 19 nitrogen and oxygen atoms in total. The minimum Gasteiger partial charge on any atom is -0.504 e. The highest BCUT2D eigenvalue weighted by Crippen LogP contribution is 2.34. The first-order valence-electron chi connectivity index (χ1n) is 17.4. The molecule has 55 heavy (non-hydrogen) atoms. The highest BCUT2D eigenvalue weighted by Gasteiger charge is 2.54. The third-order valence-electron chi connectivity index (χ3n) is 9.50. The van der Waals surface area contributed by atoms with Crippen molar-refractivity contribution >= 4 is 12.0 Å². The van der Waals surface area contributed by atoms with Gasteiger partial charge in [0.15, 0.2) is 48.0 Å². The first kappa shape index (κ1) is 42.5. The molecule has 2 aromatic rings. The number of esters is 1. The summed E-state index contributed by atoms with van der Waals surface area (Å²) in [6.45, 7) is -0.531. The number of phenols is 2. The second kappa shape index (κ2) is 18.5. The number of ether oxygens (including phenoxy) is 9. The van der Waals surface area contributed by atoms with Gasteiger partial charge in [-0.3, -0.25) is 0 Å². The van der Waals surface area contributed by atoms with Gasteiger partial charge in [0.2, 0.25) is 0 Å². The summed E-state index contributed by atoms with van der Waals surface area (Å²) >= 11 is 0. The molecular formula is C36H48O19. The van der Waals surface area contributed by atoms with Crippen LogP contribution in [-0.4, -0.2) is 172 Å². The van der Waals surface area contributed by atoms with Gasteiger partial charge in [-0.2, -0.15) is 0 Å². The zero-order valence-electron chi connectivity index (χ0n) is 30.2. The summed E-state index contributed by atoms with van der Waals surface area (Å²) in [4.78, 5) is 13.3. The Kier molecular flexibility index (Phi) is 14.3. The molecular weight excluding hydrogens is 736 g/mol. The van der Waals surface area contributed by atoms with Gasteiger partial charge in [-0.05, 0) is 54.8 Å². The number of aliphatic hydroxyl groups excluding tert-OH is 6. The molecule has 13 atom stereocenters. The van der Waals surface area contributed by atoms with Gasteiger partial charge in [0.1, 0.15) is 48.3 Å². The third kappa shape index (κ3) is 9.84. The molecule has 3 saturated heterocycles. The molecule has 3 aliphatic rings. The van der Waals surface area contributed by atoms with Crippen LogP contribution < -0.4 is 9.47 Å². The number of benzene rings is 2. The van der Waals surface area contributed by atoms with Crippen LogP contribution in [0.1, 0.15) is 18.1 Å². The molecule has 9 N–H and O–H groups in total. The molecule has 0 amide bonds. The summed E-state index contributed by atoms with van der Waals surface area (Å²) < 4.78 is 51.1. The van der Waals surface area contributed by atoms with E-state index >= 15 is 0 Å². The van der Waals surface area contributed by atoms with E-state index in [1.807, 2.05) is 0 Å². The fraction of sp³-hybridized carbons (Fsp3) is 0.583. The van der Waals surface area contributed by atoms with Crippen molar-refractivity contribution < 1.29 is 93.4 Å². The smallest absolute Gasteiger partial charge is 0.331 e. The maximum atomic E-state index is 13.3. The molecule has 0 radical (unpaired) electrons. The van der Waals surface area contributed by atoms with Crippen LogP contribution in [0.5, 0.6) is 23.0 Å². The Morgan fingerprint density at radius 2 is 1.60 bits per heavy atom. The van der Waals surface area contributed by atoms with Crippen LogP contribution >= 0.6 is 0 Å². The number of hydrogen-bond donors (Lipinski definition) is 9. The molecule has 0 spiro atoms. The topological polar surface area (TPSA) is 282 Å². The molecule has 0 saturated carbocycles. The van der Waals surface area contributed by atoms with Gasteiger partial charge in [-0.25, -0.2) is 4.79 Å². The number of carbonyl (C=O) groups is 1. The first-order chi connectivity index (χ1) is 26.2. The van der Waals surface area contributed by atoms with Crippen molar-refractivity contribution in [2.75, 3.05) is 40.6 Å². The lowest BCUT2D eigenvalue weighted by Gasteiger charge is -2.46. The van der Waals surface area contributed by atoms with E-state index in [-0.39, 0.29) is 18.8 Å². The summed E-state index contributed by atoms with van der Waals surface area (Å²) in [7, 11) is 2.98. The summed E-state index contributed by atoms with van der Waals surface area (Å²) in [5.41, 5.74) is -0.974. The van der Waals surface area contributed by atoms with Crippen molar-refractivity contribution in [2.24, 2.45) is 0 Å². The maximum Gasteiger partial charge on any atom is 0.331 e. The van der Waals surface area contributed by atoms with Crippen molar-refractivity contribution in [1.82, 2.24) is 0 Å². The highest BCUT2D eigenvalue weighted by atomic mass is 16.8. The van der Waals surface area contributed by atoms with E-state index in [1.54, 1.807) is 18.2 Å². The van der Waals surface area contributed by atoms with Crippen molar-refractivity contribution in [3.63, 3.8) is 0 Å². The molecule has 306 valence electrons. The Bertz CT molecular complexity index is 1610. The number of phenolic OH excluding ortho intramolecular Hbond substituents is 2. The maximum absolute atomic E-state index is 13.3. The summed E-state index contributed by atoms with van der Waals surface area (Å²) in [6.07, 6.45) is -16.4. The van der Waals surface area contributed by atoms with Crippen molar-refractivity contribution in [3.8, 4) is 23.0 Å². The van der Waals surface area contributed by atoms with Crippen molar-refractivity contribution in [3.05, 3.63) is 53.6 Å². The van der Waals surface area contributed by atoms with Crippen molar-refractivity contribution in [2.45, 2.75) is 92.8 Å². The predicted molar refractivity (Wildman–Crippen MR) is 184 cm³/mol. The summed E-state index contributed by atoms with van der Waals surface area (Å²) in [5.74, 6) is -0.882. The molecule has 2 aromatic carbocycles. The van der Waals surface area contributed by atoms with E-state index in [0.29, 0.717) is 17.1 Å². The fourth-order valence-corrected chi connectivity index (χ4v) is 6.18. The molecule has 0 aromatic heterocycles. The zero-order valence-corrected chi connectivity index (χ0v) is 30.2. The summed E-state index contributed by atoms with van der Waals surface area (Å²) in [6, 6.07) is 9.00. The lowest BCUT2D eigenvalue weighted by Crippen LogP contribution is -2.65. The van der Waals surface area contributed by atoms with E-state index in [2.05, 4.69) is 0 Å². The van der Waals surface area contributed by atoms with Gasteiger partial charge in [-0.15, -0.1) is 0 Å². The second-order valence-electron chi connectivity index (χ2n) is 13.3. The number of methoxy groups -OCH3 is 2. The van der Waals surface area contributed by atoms with E-state index in [1.165, 1.54) is 45.4 Å². The van der Waals surface area contributed by atoms with Gasteiger partial charge in [0, 0.05) is 6.08 Å². The number of aromatic hydroxyl groups is 2. The lowest BCUT2D eigenvalue weighted by molar-refractivity contribution is -0.360. The predicted octanol–water partition coefficient (Wildman–Crippen LogP) is -1.94. The van der Waals surface area contributed by atoms with Crippen LogP contribution in [0, 0.1) is 0 Å². The average molecular weight is 785 g/mol.